The maximum absolute atomic E-state index is 12.9. The van der Waals surface area contributed by atoms with Crippen molar-refractivity contribution < 1.29 is 13.9 Å². The number of carbonyl (C=O) groups excluding carboxylic acids is 1. The molecular weight excluding hydrogens is 245 g/mol. The molecule has 4 heteroatoms. The molecule has 1 amide bonds. The van der Waals surface area contributed by atoms with Gasteiger partial charge in [-0.1, -0.05) is 18.2 Å². The van der Waals surface area contributed by atoms with Gasteiger partial charge in [0, 0.05) is 7.05 Å². The number of ether oxygens (including phenoxy) is 1. The summed E-state index contributed by atoms with van der Waals surface area (Å²) in [4.78, 5) is 13.2. The second kappa shape index (κ2) is 4.39. The third-order valence-corrected chi connectivity index (χ3v) is 3.22. The van der Waals surface area contributed by atoms with Gasteiger partial charge in [0.2, 0.25) is 0 Å². The number of anilines is 1. The van der Waals surface area contributed by atoms with Crippen LogP contribution in [-0.2, 0) is 4.79 Å². The molecule has 0 spiro atoms. The summed E-state index contributed by atoms with van der Waals surface area (Å²) in [6.07, 6.45) is 0. The van der Waals surface area contributed by atoms with E-state index >= 15 is 0 Å². The van der Waals surface area contributed by atoms with Gasteiger partial charge >= 0.3 is 0 Å². The molecule has 96 valence electrons. The van der Waals surface area contributed by atoms with Crippen molar-refractivity contribution in [1.82, 2.24) is 0 Å². The minimum atomic E-state index is -0.266. The highest BCUT2D eigenvalue weighted by atomic mass is 19.1. The largest absolute Gasteiger partial charge is 0.482 e. The van der Waals surface area contributed by atoms with E-state index in [2.05, 4.69) is 0 Å². The molecule has 3 rings (SSSR count). The van der Waals surface area contributed by atoms with Crippen molar-refractivity contribution in [2.75, 3.05) is 18.6 Å². The number of rotatable bonds is 1. The average molecular weight is 257 g/mol. The molecule has 1 heterocycles. The quantitative estimate of drug-likeness (QED) is 0.786. The van der Waals surface area contributed by atoms with Gasteiger partial charge in [-0.3, -0.25) is 4.79 Å². The zero-order chi connectivity index (χ0) is 13.4. The normalized spacial score (nSPS) is 14.0. The zero-order valence-electron chi connectivity index (χ0n) is 10.4. The van der Waals surface area contributed by atoms with Crippen LogP contribution in [0.25, 0.3) is 11.1 Å². The predicted octanol–water partition coefficient (Wildman–Crippen LogP) is 2.85. The van der Waals surface area contributed by atoms with Crippen molar-refractivity contribution in [1.29, 1.82) is 0 Å². The topological polar surface area (TPSA) is 29.5 Å². The third-order valence-electron chi connectivity index (χ3n) is 3.22. The summed E-state index contributed by atoms with van der Waals surface area (Å²) in [5.41, 5.74) is 2.55. The zero-order valence-corrected chi connectivity index (χ0v) is 10.4. The Bertz CT molecular complexity index is 637. The molecule has 19 heavy (non-hydrogen) atoms. The van der Waals surface area contributed by atoms with Crippen LogP contribution < -0.4 is 9.64 Å². The number of carbonyl (C=O) groups is 1. The fraction of sp³-hybridized carbons (Fsp3) is 0.133. The van der Waals surface area contributed by atoms with Gasteiger partial charge < -0.3 is 9.64 Å². The molecule has 0 fully saturated rings. The van der Waals surface area contributed by atoms with Crippen LogP contribution >= 0.6 is 0 Å². The van der Waals surface area contributed by atoms with E-state index in [0.29, 0.717) is 5.75 Å². The van der Waals surface area contributed by atoms with Crippen LogP contribution in [0.2, 0.25) is 0 Å². The monoisotopic (exact) mass is 257 g/mol. The van der Waals surface area contributed by atoms with Crippen LogP contribution in [-0.4, -0.2) is 19.6 Å². The number of nitrogens with zero attached hydrogens (tertiary/aromatic N) is 1. The van der Waals surface area contributed by atoms with Gasteiger partial charge in [-0.15, -0.1) is 0 Å². The van der Waals surface area contributed by atoms with Crippen molar-refractivity contribution in [3.63, 3.8) is 0 Å². The van der Waals surface area contributed by atoms with Gasteiger partial charge in [-0.25, -0.2) is 4.39 Å². The molecule has 2 aromatic rings. The summed E-state index contributed by atoms with van der Waals surface area (Å²) in [7, 11) is 1.72. The standard InChI is InChI=1S/C15H12FNO2/c1-17-13-8-11(10-2-5-12(16)6-3-10)4-7-14(13)19-9-15(17)18/h2-8H,9H2,1H3. The number of benzene rings is 2. The highest BCUT2D eigenvalue weighted by molar-refractivity contribution is 5.98. The van der Waals surface area contributed by atoms with Crippen molar-refractivity contribution >= 4 is 11.6 Å². The van der Waals surface area contributed by atoms with Crippen molar-refractivity contribution in [3.8, 4) is 16.9 Å². The third kappa shape index (κ3) is 2.05. The van der Waals surface area contributed by atoms with Gasteiger partial charge in [0.1, 0.15) is 11.6 Å². The van der Waals surface area contributed by atoms with Crippen LogP contribution in [0.1, 0.15) is 0 Å². The van der Waals surface area contributed by atoms with Gasteiger partial charge in [-0.2, -0.15) is 0 Å². The van der Waals surface area contributed by atoms with Crippen LogP contribution in [0.5, 0.6) is 5.75 Å². The van der Waals surface area contributed by atoms with Crippen molar-refractivity contribution in [3.05, 3.63) is 48.3 Å². The number of amides is 1. The summed E-state index contributed by atoms with van der Waals surface area (Å²) >= 11 is 0. The molecule has 0 saturated heterocycles. The van der Waals surface area contributed by atoms with Crippen molar-refractivity contribution in [2.24, 2.45) is 0 Å². The molecule has 1 aliphatic heterocycles. The Hall–Kier alpha value is -2.36. The molecule has 0 bridgehead atoms. The molecule has 0 atom stereocenters. The molecule has 0 radical (unpaired) electrons. The maximum atomic E-state index is 12.9. The fourth-order valence-corrected chi connectivity index (χ4v) is 2.09. The summed E-state index contributed by atoms with van der Waals surface area (Å²) in [6, 6.07) is 11.9. The number of hydrogen-bond acceptors (Lipinski definition) is 2. The van der Waals surface area contributed by atoms with Gasteiger partial charge in [0.05, 0.1) is 5.69 Å². The number of hydrogen-bond donors (Lipinski definition) is 0. The van der Waals surface area contributed by atoms with Crippen molar-refractivity contribution in [2.45, 2.75) is 0 Å². The van der Waals surface area contributed by atoms with Crippen LogP contribution in [0.15, 0.2) is 42.5 Å². The Labute approximate surface area is 110 Å². The lowest BCUT2D eigenvalue weighted by Crippen LogP contribution is -2.35. The van der Waals surface area contributed by atoms with E-state index < -0.39 is 0 Å². The van der Waals surface area contributed by atoms with E-state index in [1.54, 1.807) is 24.1 Å². The Morgan fingerprint density at radius 2 is 1.79 bits per heavy atom. The minimum absolute atomic E-state index is 0.0688. The van der Waals surface area contributed by atoms with Gasteiger partial charge in [0.15, 0.2) is 6.61 Å². The lowest BCUT2D eigenvalue weighted by atomic mass is 10.0. The Kier molecular flexibility index (Phi) is 2.71. The first kappa shape index (κ1) is 11.7. The van der Waals surface area contributed by atoms with Gasteiger partial charge in [-0.05, 0) is 35.4 Å². The average Bonchev–Trinajstić information content (AvgIpc) is 2.44. The highest BCUT2D eigenvalue weighted by Crippen LogP contribution is 2.35. The van der Waals surface area contributed by atoms with E-state index in [1.165, 1.54) is 12.1 Å². The molecule has 0 N–H and O–H groups in total. The van der Waals surface area contributed by atoms with E-state index in [0.717, 1.165) is 16.8 Å². The fourth-order valence-electron chi connectivity index (χ4n) is 2.09. The molecule has 0 aliphatic carbocycles. The summed E-state index contributed by atoms with van der Waals surface area (Å²) < 4.78 is 18.3. The molecule has 2 aromatic carbocycles. The van der Waals surface area contributed by atoms with E-state index in [4.69, 9.17) is 4.74 Å². The first-order chi connectivity index (χ1) is 9.15. The minimum Gasteiger partial charge on any atom is -0.482 e. The van der Waals surface area contributed by atoms with E-state index in [1.807, 2.05) is 18.2 Å². The molecule has 0 aromatic heterocycles. The maximum Gasteiger partial charge on any atom is 0.264 e. The van der Waals surface area contributed by atoms with Crippen LogP contribution in [0, 0.1) is 5.82 Å². The molecular formula is C15H12FNO2. The lowest BCUT2D eigenvalue weighted by molar-refractivity contribution is -0.120. The summed E-state index contributed by atoms with van der Waals surface area (Å²) in [6.45, 7) is 0.0688. The first-order valence-corrected chi connectivity index (χ1v) is 5.94. The molecule has 0 saturated carbocycles. The number of fused-ring (bicyclic) bond motifs is 1. The second-order valence-electron chi connectivity index (χ2n) is 4.43. The SMILES string of the molecule is CN1C(=O)COc2ccc(-c3ccc(F)cc3)cc21. The highest BCUT2D eigenvalue weighted by Gasteiger charge is 2.22. The van der Waals surface area contributed by atoms with E-state index in [-0.39, 0.29) is 18.3 Å². The Morgan fingerprint density at radius 3 is 2.53 bits per heavy atom. The lowest BCUT2D eigenvalue weighted by Gasteiger charge is -2.26. The van der Waals surface area contributed by atoms with Crippen LogP contribution in [0.4, 0.5) is 10.1 Å². The van der Waals surface area contributed by atoms with Crippen LogP contribution in [0.3, 0.4) is 0 Å². The Morgan fingerprint density at radius 1 is 1.11 bits per heavy atom. The van der Waals surface area contributed by atoms with Gasteiger partial charge in [0.25, 0.3) is 5.91 Å². The molecule has 1 aliphatic rings. The molecule has 3 nitrogen and oxygen atoms in total. The summed E-state index contributed by atoms with van der Waals surface area (Å²) in [5, 5.41) is 0. The van der Waals surface area contributed by atoms with E-state index in [9.17, 15) is 9.18 Å². The second-order valence-corrected chi connectivity index (χ2v) is 4.43. The number of likely N-dealkylation sites (N-methyl/N-ethyl adjacent to an activating group) is 1. The first-order valence-electron chi connectivity index (χ1n) is 5.94. The smallest absolute Gasteiger partial charge is 0.264 e. The summed E-state index contributed by atoms with van der Waals surface area (Å²) in [5.74, 6) is 0.342. The number of halogens is 1. The Balaban J connectivity index is 2.05. The predicted molar refractivity (Wildman–Crippen MR) is 70.7 cm³/mol. The molecule has 0 unspecified atom stereocenters.